The summed E-state index contributed by atoms with van der Waals surface area (Å²) in [7, 11) is 0. The number of piperidine rings is 1. The van der Waals surface area contributed by atoms with E-state index in [-0.39, 0.29) is 42.8 Å². The van der Waals surface area contributed by atoms with Crippen LogP contribution in [0.15, 0.2) is 0 Å². The third kappa shape index (κ3) is 6.89. The van der Waals surface area contributed by atoms with Gasteiger partial charge in [0.15, 0.2) is 0 Å². The molecule has 1 saturated heterocycles. The number of amides is 2. The Morgan fingerprint density at radius 2 is 1.82 bits per heavy atom. The predicted octanol–water partition coefficient (Wildman–Crippen LogP) is -0.0977. The van der Waals surface area contributed by atoms with Crippen LogP contribution in [-0.4, -0.2) is 61.5 Å². The van der Waals surface area contributed by atoms with Crippen molar-refractivity contribution >= 4 is 17.8 Å². The zero-order chi connectivity index (χ0) is 16.5. The lowest BCUT2D eigenvalue weighted by atomic mass is 9.97. The van der Waals surface area contributed by atoms with Gasteiger partial charge in [-0.25, -0.2) is 0 Å². The average Bonchev–Trinajstić information content (AvgIpc) is 2.45. The Kier molecular flexibility index (Phi) is 7.87. The van der Waals surface area contributed by atoms with Crippen LogP contribution in [0.3, 0.4) is 0 Å². The Hall–Kier alpha value is -1.63. The summed E-state index contributed by atoms with van der Waals surface area (Å²) in [5, 5.41) is 5.32. The van der Waals surface area contributed by atoms with E-state index < -0.39 is 0 Å². The molecule has 0 aliphatic carbocycles. The molecule has 0 aromatic heterocycles. The topological polar surface area (TPSA) is 87.7 Å². The van der Waals surface area contributed by atoms with Crippen molar-refractivity contribution in [1.29, 1.82) is 0 Å². The lowest BCUT2D eigenvalue weighted by molar-refractivity contribution is -0.149. The van der Waals surface area contributed by atoms with Crippen LogP contribution in [0.2, 0.25) is 0 Å². The molecule has 2 amide bonds. The standard InChI is InChI=1S/C15H27N3O4/c1-4-22-15(21)12-5-7-18(8-6-12)10-14(20)16-9-13(19)17-11(2)3/h11-12H,4-10H2,1-3H3,(H,16,20)(H,17,19). The normalized spacial score (nSPS) is 16.4. The van der Waals surface area contributed by atoms with Gasteiger partial charge >= 0.3 is 5.97 Å². The van der Waals surface area contributed by atoms with Crippen molar-refractivity contribution in [2.24, 2.45) is 5.92 Å². The van der Waals surface area contributed by atoms with E-state index in [1.54, 1.807) is 6.92 Å². The van der Waals surface area contributed by atoms with Crippen molar-refractivity contribution in [2.45, 2.75) is 39.7 Å². The van der Waals surface area contributed by atoms with Gasteiger partial charge in [-0.1, -0.05) is 0 Å². The third-order valence-electron chi connectivity index (χ3n) is 3.47. The van der Waals surface area contributed by atoms with Crippen LogP contribution < -0.4 is 10.6 Å². The Morgan fingerprint density at radius 1 is 1.18 bits per heavy atom. The number of carbonyl (C=O) groups is 3. The summed E-state index contributed by atoms with van der Waals surface area (Å²) in [6.45, 7) is 7.57. The molecule has 0 aromatic carbocycles. The minimum absolute atomic E-state index is 0.00367. The fourth-order valence-electron chi connectivity index (χ4n) is 2.40. The third-order valence-corrected chi connectivity index (χ3v) is 3.47. The second-order valence-electron chi connectivity index (χ2n) is 5.80. The highest BCUT2D eigenvalue weighted by Crippen LogP contribution is 2.18. The summed E-state index contributed by atoms with van der Waals surface area (Å²) in [5.41, 5.74) is 0. The number of hydrogen-bond donors (Lipinski definition) is 2. The van der Waals surface area contributed by atoms with Gasteiger partial charge in [0.1, 0.15) is 0 Å². The minimum Gasteiger partial charge on any atom is -0.466 e. The van der Waals surface area contributed by atoms with E-state index in [0.29, 0.717) is 32.5 Å². The van der Waals surface area contributed by atoms with Crippen LogP contribution in [0.4, 0.5) is 0 Å². The monoisotopic (exact) mass is 313 g/mol. The lowest BCUT2D eigenvalue weighted by Gasteiger charge is -2.30. The summed E-state index contributed by atoms with van der Waals surface area (Å²) in [5.74, 6) is -0.564. The van der Waals surface area contributed by atoms with Crippen LogP contribution >= 0.6 is 0 Å². The van der Waals surface area contributed by atoms with Crippen molar-refractivity contribution in [2.75, 3.05) is 32.8 Å². The molecule has 0 spiro atoms. The van der Waals surface area contributed by atoms with E-state index in [1.807, 2.05) is 18.7 Å². The smallest absolute Gasteiger partial charge is 0.309 e. The minimum atomic E-state index is -0.190. The van der Waals surface area contributed by atoms with Crippen molar-refractivity contribution in [1.82, 2.24) is 15.5 Å². The Balaban J connectivity index is 2.22. The molecule has 0 bridgehead atoms. The number of esters is 1. The molecule has 126 valence electrons. The zero-order valence-electron chi connectivity index (χ0n) is 13.7. The van der Waals surface area contributed by atoms with Gasteiger partial charge in [-0.2, -0.15) is 0 Å². The first-order valence-corrected chi connectivity index (χ1v) is 7.87. The van der Waals surface area contributed by atoms with E-state index in [4.69, 9.17) is 4.74 Å². The first-order chi connectivity index (χ1) is 10.4. The molecular formula is C15H27N3O4. The molecule has 1 aliphatic rings. The molecular weight excluding hydrogens is 286 g/mol. The SMILES string of the molecule is CCOC(=O)C1CCN(CC(=O)NCC(=O)NC(C)C)CC1. The van der Waals surface area contributed by atoms with Gasteiger partial charge in [0, 0.05) is 6.04 Å². The molecule has 1 rings (SSSR count). The fourth-order valence-corrected chi connectivity index (χ4v) is 2.40. The summed E-state index contributed by atoms with van der Waals surface area (Å²) < 4.78 is 5.01. The summed E-state index contributed by atoms with van der Waals surface area (Å²) in [4.78, 5) is 36.9. The van der Waals surface area contributed by atoms with Crippen LogP contribution in [0, 0.1) is 5.92 Å². The Bertz CT molecular complexity index is 390. The molecule has 0 atom stereocenters. The molecule has 0 saturated carbocycles. The first-order valence-electron chi connectivity index (χ1n) is 7.87. The number of hydrogen-bond acceptors (Lipinski definition) is 5. The van der Waals surface area contributed by atoms with Crippen LogP contribution in [0.5, 0.6) is 0 Å². The molecule has 0 unspecified atom stereocenters. The fraction of sp³-hybridized carbons (Fsp3) is 0.800. The van der Waals surface area contributed by atoms with E-state index in [1.165, 1.54) is 0 Å². The van der Waals surface area contributed by atoms with Crippen LogP contribution in [0.25, 0.3) is 0 Å². The first kappa shape index (κ1) is 18.4. The maximum absolute atomic E-state index is 11.8. The van der Waals surface area contributed by atoms with Gasteiger partial charge in [-0.15, -0.1) is 0 Å². The van der Waals surface area contributed by atoms with E-state index in [2.05, 4.69) is 10.6 Å². The highest BCUT2D eigenvalue weighted by molar-refractivity contribution is 5.85. The molecule has 0 radical (unpaired) electrons. The number of nitrogens with zero attached hydrogens (tertiary/aromatic N) is 1. The van der Waals surface area contributed by atoms with Gasteiger partial charge in [0.05, 0.1) is 25.6 Å². The molecule has 1 heterocycles. The number of nitrogens with one attached hydrogen (secondary N) is 2. The second kappa shape index (κ2) is 9.40. The predicted molar refractivity (Wildman–Crippen MR) is 82.1 cm³/mol. The van der Waals surface area contributed by atoms with Gasteiger partial charge in [-0.05, 0) is 46.7 Å². The van der Waals surface area contributed by atoms with Gasteiger partial charge < -0.3 is 15.4 Å². The molecule has 7 heteroatoms. The summed E-state index contributed by atoms with van der Waals surface area (Å²) in [6, 6.07) is 0.0614. The molecule has 7 nitrogen and oxygen atoms in total. The largest absolute Gasteiger partial charge is 0.466 e. The highest BCUT2D eigenvalue weighted by Gasteiger charge is 2.26. The van der Waals surface area contributed by atoms with Gasteiger partial charge in [0.25, 0.3) is 0 Å². The highest BCUT2D eigenvalue weighted by atomic mass is 16.5. The molecule has 1 fully saturated rings. The van der Waals surface area contributed by atoms with Crippen molar-refractivity contribution in [3.05, 3.63) is 0 Å². The maximum Gasteiger partial charge on any atom is 0.309 e. The average molecular weight is 313 g/mol. The molecule has 1 aliphatic heterocycles. The lowest BCUT2D eigenvalue weighted by Crippen LogP contribution is -2.45. The number of ether oxygens (including phenoxy) is 1. The van der Waals surface area contributed by atoms with Crippen molar-refractivity contribution in [3.63, 3.8) is 0 Å². The summed E-state index contributed by atoms with van der Waals surface area (Å²) in [6.07, 6.45) is 1.42. The molecule has 22 heavy (non-hydrogen) atoms. The second-order valence-corrected chi connectivity index (χ2v) is 5.80. The van der Waals surface area contributed by atoms with E-state index in [9.17, 15) is 14.4 Å². The zero-order valence-corrected chi connectivity index (χ0v) is 13.7. The van der Waals surface area contributed by atoms with Gasteiger partial charge in [-0.3, -0.25) is 19.3 Å². The van der Waals surface area contributed by atoms with Crippen LogP contribution in [-0.2, 0) is 19.1 Å². The summed E-state index contributed by atoms with van der Waals surface area (Å²) >= 11 is 0. The number of carbonyl (C=O) groups excluding carboxylic acids is 3. The van der Waals surface area contributed by atoms with Crippen molar-refractivity contribution in [3.8, 4) is 0 Å². The number of rotatable bonds is 7. The Labute approximate surface area is 131 Å². The maximum atomic E-state index is 11.8. The molecule has 2 N–H and O–H groups in total. The van der Waals surface area contributed by atoms with E-state index >= 15 is 0 Å². The van der Waals surface area contributed by atoms with Crippen molar-refractivity contribution < 1.29 is 19.1 Å². The van der Waals surface area contributed by atoms with E-state index in [0.717, 1.165) is 0 Å². The molecule has 0 aromatic rings. The van der Waals surface area contributed by atoms with Crippen LogP contribution in [0.1, 0.15) is 33.6 Å². The van der Waals surface area contributed by atoms with Gasteiger partial charge in [0.2, 0.25) is 11.8 Å². The number of likely N-dealkylation sites (tertiary alicyclic amines) is 1. The Morgan fingerprint density at radius 3 is 2.36 bits per heavy atom. The quantitative estimate of drug-likeness (QED) is 0.641.